The second-order valence-corrected chi connectivity index (χ2v) is 4.94. The van der Waals surface area contributed by atoms with E-state index in [1.165, 1.54) is 13.3 Å². The van der Waals surface area contributed by atoms with Crippen molar-refractivity contribution in [1.29, 1.82) is 0 Å². The molecule has 0 aromatic heterocycles. The Kier molecular flexibility index (Phi) is 4.32. The maximum absolute atomic E-state index is 11.8. The predicted molar refractivity (Wildman–Crippen MR) is 65.6 cm³/mol. The number of hydrogen-bond acceptors (Lipinski definition) is 2. The molecule has 1 fully saturated rings. The minimum absolute atomic E-state index is 0.113. The minimum atomic E-state index is -1.04. The zero-order valence-corrected chi connectivity index (χ0v) is 10.8. The van der Waals surface area contributed by atoms with Crippen molar-refractivity contribution in [2.75, 3.05) is 6.54 Å². The van der Waals surface area contributed by atoms with Crippen molar-refractivity contribution < 1.29 is 14.7 Å². The van der Waals surface area contributed by atoms with Crippen LogP contribution in [0.15, 0.2) is 11.1 Å². The smallest absolute Gasteiger partial charge is 0.331 e. The van der Waals surface area contributed by atoms with Crippen molar-refractivity contribution in [2.24, 2.45) is 5.41 Å². The fourth-order valence-corrected chi connectivity index (χ4v) is 2.06. The van der Waals surface area contributed by atoms with Crippen LogP contribution in [0.25, 0.3) is 0 Å². The normalized spacial score (nSPS) is 19.0. The van der Waals surface area contributed by atoms with Gasteiger partial charge >= 0.3 is 5.97 Å². The molecule has 17 heavy (non-hydrogen) atoms. The fraction of sp³-hybridized carbons (Fsp3) is 0.692. The van der Waals surface area contributed by atoms with Gasteiger partial charge in [-0.05, 0) is 38.5 Å². The summed E-state index contributed by atoms with van der Waals surface area (Å²) >= 11 is 0. The number of hydrogen-bond donors (Lipinski definition) is 2. The van der Waals surface area contributed by atoms with Gasteiger partial charge in [0.15, 0.2) is 0 Å². The van der Waals surface area contributed by atoms with Gasteiger partial charge in [0.1, 0.15) is 0 Å². The topological polar surface area (TPSA) is 66.4 Å². The van der Waals surface area contributed by atoms with Gasteiger partial charge in [0.05, 0.1) is 0 Å². The van der Waals surface area contributed by atoms with E-state index in [1.54, 1.807) is 6.92 Å². The van der Waals surface area contributed by atoms with Crippen LogP contribution in [0.2, 0.25) is 0 Å². The average molecular weight is 239 g/mol. The van der Waals surface area contributed by atoms with Gasteiger partial charge in [-0.2, -0.15) is 0 Å². The first-order chi connectivity index (χ1) is 7.92. The van der Waals surface area contributed by atoms with Gasteiger partial charge in [0.25, 0.3) is 0 Å². The van der Waals surface area contributed by atoms with Crippen LogP contribution < -0.4 is 5.32 Å². The van der Waals surface area contributed by atoms with E-state index in [-0.39, 0.29) is 16.9 Å². The summed E-state index contributed by atoms with van der Waals surface area (Å²) in [5, 5.41) is 11.6. The molecule has 0 bridgehead atoms. The Morgan fingerprint density at radius 3 is 2.18 bits per heavy atom. The summed E-state index contributed by atoms with van der Waals surface area (Å²) in [6, 6.07) is 0. The Labute approximate surface area is 102 Å². The predicted octanol–water partition coefficient (Wildman–Crippen LogP) is 2.10. The van der Waals surface area contributed by atoms with E-state index in [2.05, 4.69) is 12.2 Å². The van der Waals surface area contributed by atoms with E-state index < -0.39 is 5.97 Å². The first-order valence-corrected chi connectivity index (χ1v) is 6.11. The Morgan fingerprint density at radius 2 is 1.82 bits per heavy atom. The standard InChI is InChI=1S/C13H21NO3/c1-4-13(6-5-7-13)8-14-11(15)9(2)10(3)12(16)17/h4-8H2,1-3H3,(H,14,15)(H,16,17). The maximum Gasteiger partial charge on any atom is 0.331 e. The quantitative estimate of drug-likeness (QED) is 0.722. The molecule has 96 valence electrons. The fourth-order valence-electron chi connectivity index (χ4n) is 2.06. The summed E-state index contributed by atoms with van der Waals surface area (Å²) in [6.45, 7) is 5.80. The Balaban J connectivity index is 2.55. The largest absolute Gasteiger partial charge is 0.478 e. The van der Waals surface area contributed by atoms with Crippen LogP contribution in [-0.4, -0.2) is 23.5 Å². The lowest BCUT2D eigenvalue weighted by Gasteiger charge is -2.41. The Morgan fingerprint density at radius 1 is 1.24 bits per heavy atom. The molecular formula is C13H21NO3. The third-order valence-electron chi connectivity index (χ3n) is 4.01. The first kappa shape index (κ1) is 13.7. The van der Waals surface area contributed by atoms with Crippen LogP contribution in [0.5, 0.6) is 0 Å². The second-order valence-electron chi connectivity index (χ2n) is 4.94. The summed E-state index contributed by atoms with van der Waals surface area (Å²) in [4.78, 5) is 22.5. The monoisotopic (exact) mass is 239 g/mol. The lowest BCUT2D eigenvalue weighted by atomic mass is 9.67. The van der Waals surface area contributed by atoms with Crippen LogP contribution in [0.4, 0.5) is 0 Å². The highest BCUT2D eigenvalue weighted by Crippen LogP contribution is 2.43. The molecule has 1 aliphatic carbocycles. The van der Waals surface area contributed by atoms with Gasteiger partial charge in [-0.1, -0.05) is 13.3 Å². The molecule has 0 aromatic rings. The van der Waals surface area contributed by atoms with Crippen molar-refractivity contribution in [1.82, 2.24) is 5.32 Å². The van der Waals surface area contributed by atoms with Crippen LogP contribution in [-0.2, 0) is 9.59 Å². The van der Waals surface area contributed by atoms with Crippen LogP contribution >= 0.6 is 0 Å². The number of carboxylic acid groups (broad SMARTS) is 1. The SMILES string of the molecule is CCC1(CNC(=O)C(C)=C(C)C(=O)O)CCC1. The summed E-state index contributed by atoms with van der Waals surface area (Å²) < 4.78 is 0. The van der Waals surface area contributed by atoms with Crippen LogP contribution in [0.1, 0.15) is 46.5 Å². The van der Waals surface area contributed by atoms with Crippen molar-refractivity contribution in [3.05, 3.63) is 11.1 Å². The number of amides is 1. The molecule has 0 aromatic carbocycles. The molecule has 2 N–H and O–H groups in total. The van der Waals surface area contributed by atoms with Crippen LogP contribution in [0.3, 0.4) is 0 Å². The molecule has 1 rings (SSSR count). The van der Waals surface area contributed by atoms with E-state index in [1.807, 2.05) is 0 Å². The van der Waals surface area contributed by atoms with Crippen molar-refractivity contribution in [3.63, 3.8) is 0 Å². The van der Waals surface area contributed by atoms with Gasteiger partial charge in [0, 0.05) is 17.7 Å². The maximum atomic E-state index is 11.8. The molecule has 1 saturated carbocycles. The number of carboxylic acids is 1. The van der Waals surface area contributed by atoms with Crippen molar-refractivity contribution in [3.8, 4) is 0 Å². The zero-order chi connectivity index (χ0) is 13.1. The average Bonchev–Trinajstić information content (AvgIpc) is 2.25. The van der Waals surface area contributed by atoms with Crippen LogP contribution in [0, 0.1) is 5.41 Å². The summed E-state index contributed by atoms with van der Waals surface area (Å²) in [5.74, 6) is -1.30. The molecule has 0 atom stereocenters. The van der Waals surface area contributed by atoms with Gasteiger partial charge < -0.3 is 10.4 Å². The molecule has 4 nitrogen and oxygen atoms in total. The number of nitrogens with one attached hydrogen (secondary N) is 1. The van der Waals surface area contributed by atoms with Gasteiger partial charge in [0.2, 0.25) is 5.91 Å². The molecule has 1 amide bonds. The molecule has 4 heteroatoms. The summed E-state index contributed by atoms with van der Waals surface area (Å²) in [6.07, 6.45) is 4.61. The first-order valence-electron chi connectivity index (χ1n) is 6.11. The van der Waals surface area contributed by atoms with Gasteiger partial charge in [-0.15, -0.1) is 0 Å². The lowest BCUT2D eigenvalue weighted by Crippen LogP contribution is -2.42. The highest BCUT2D eigenvalue weighted by Gasteiger charge is 2.35. The third-order valence-corrected chi connectivity index (χ3v) is 4.01. The van der Waals surface area contributed by atoms with E-state index in [0.717, 1.165) is 19.3 Å². The molecule has 0 aliphatic heterocycles. The number of carbonyl (C=O) groups excluding carboxylic acids is 1. The Hall–Kier alpha value is -1.32. The molecule has 0 heterocycles. The minimum Gasteiger partial charge on any atom is -0.478 e. The van der Waals surface area contributed by atoms with E-state index in [9.17, 15) is 9.59 Å². The van der Waals surface area contributed by atoms with Crippen molar-refractivity contribution >= 4 is 11.9 Å². The molecule has 0 saturated heterocycles. The highest BCUT2D eigenvalue weighted by molar-refractivity contribution is 6.01. The summed E-state index contributed by atoms with van der Waals surface area (Å²) in [7, 11) is 0. The highest BCUT2D eigenvalue weighted by atomic mass is 16.4. The number of aliphatic carboxylic acids is 1. The van der Waals surface area contributed by atoms with E-state index in [0.29, 0.717) is 12.1 Å². The van der Waals surface area contributed by atoms with Gasteiger partial charge in [-0.25, -0.2) is 4.79 Å². The number of carbonyl (C=O) groups is 2. The number of rotatable bonds is 5. The summed E-state index contributed by atoms with van der Waals surface area (Å²) in [5.41, 5.74) is 0.664. The second kappa shape index (κ2) is 5.34. The molecule has 0 spiro atoms. The Bertz CT molecular complexity index is 348. The zero-order valence-electron chi connectivity index (χ0n) is 10.8. The molecule has 1 aliphatic rings. The lowest BCUT2D eigenvalue weighted by molar-refractivity contribution is -0.133. The van der Waals surface area contributed by atoms with Gasteiger partial charge in [-0.3, -0.25) is 4.79 Å². The van der Waals surface area contributed by atoms with E-state index in [4.69, 9.17) is 5.11 Å². The molecular weight excluding hydrogens is 218 g/mol. The van der Waals surface area contributed by atoms with E-state index >= 15 is 0 Å². The molecule has 0 radical (unpaired) electrons. The molecule has 0 unspecified atom stereocenters. The van der Waals surface area contributed by atoms with Crippen molar-refractivity contribution in [2.45, 2.75) is 46.5 Å². The third kappa shape index (κ3) is 3.08.